The first-order valence-electron chi connectivity index (χ1n) is 5.51. The second-order valence-corrected chi connectivity index (χ2v) is 3.58. The average Bonchev–Trinajstić information content (AvgIpc) is 2.20. The molecule has 0 aliphatic rings. The van der Waals surface area contributed by atoms with E-state index in [1.807, 2.05) is 0 Å². The first kappa shape index (κ1) is 15.7. The third kappa shape index (κ3) is 8.94. The summed E-state index contributed by atoms with van der Waals surface area (Å²) in [5.41, 5.74) is 0. The minimum absolute atomic E-state index is 0.416. The highest BCUT2D eigenvalue weighted by molar-refractivity contribution is 4.67. The molecule has 0 aromatic rings. The summed E-state index contributed by atoms with van der Waals surface area (Å²) < 4.78 is 40.8. The van der Waals surface area contributed by atoms with Gasteiger partial charge in [-0.25, -0.2) is 0 Å². The molecular weight excluding hydrogens is 223 g/mol. The monoisotopic (exact) mass is 243 g/mol. The first-order valence-corrected chi connectivity index (χ1v) is 5.51. The van der Waals surface area contributed by atoms with E-state index in [-0.39, 0.29) is 0 Å². The molecule has 2 N–H and O–H groups in total. The van der Waals surface area contributed by atoms with Gasteiger partial charge in [0.1, 0.15) is 0 Å². The summed E-state index contributed by atoms with van der Waals surface area (Å²) in [7, 11) is 0. The summed E-state index contributed by atoms with van der Waals surface area (Å²) in [6, 6.07) is 0. The Balaban J connectivity index is 3.21. The Labute approximate surface area is 94.0 Å². The fraction of sp³-hybridized carbons (Fsp3) is 1.00. The quantitative estimate of drug-likeness (QED) is 0.606. The van der Waals surface area contributed by atoms with Crippen LogP contribution in [0.3, 0.4) is 0 Å². The Bertz CT molecular complexity index is 165. The fourth-order valence-corrected chi connectivity index (χ4v) is 1.00. The largest absolute Gasteiger partial charge is 0.415 e. The fourth-order valence-electron chi connectivity index (χ4n) is 1.00. The van der Waals surface area contributed by atoms with E-state index in [1.54, 1.807) is 0 Å². The number of halogens is 3. The number of unbranched alkanes of at least 4 members (excludes halogenated alkanes) is 1. The Morgan fingerprint density at radius 1 is 1.25 bits per heavy atom. The lowest BCUT2D eigenvalue weighted by molar-refractivity contribution is -0.201. The first-order chi connectivity index (χ1) is 7.48. The van der Waals surface area contributed by atoms with Crippen LogP contribution in [0, 0.1) is 0 Å². The molecule has 3 nitrogen and oxygen atoms in total. The van der Waals surface area contributed by atoms with Gasteiger partial charge in [0.15, 0.2) is 6.10 Å². The van der Waals surface area contributed by atoms with Crippen LogP contribution in [0.1, 0.15) is 26.2 Å². The van der Waals surface area contributed by atoms with Crippen LogP contribution in [-0.4, -0.2) is 43.7 Å². The van der Waals surface area contributed by atoms with Crippen LogP contribution in [0.15, 0.2) is 0 Å². The van der Waals surface area contributed by atoms with E-state index in [4.69, 9.17) is 9.84 Å². The normalized spacial score (nSPS) is 14.1. The van der Waals surface area contributed by atoms with Gasteiger partial charge < -0.3 is 15.2 Å². The van der Waals surface area contributed by atoms with Crippen molar-refractivity contribution in [2.75, 3.05) is 26.3 Å². The molecule has 1 atom stereocenters. The number of aliphatic hydroxyl groups excluding tert-OH is 1. The number of nitrogens with one attached hydrogen (secondary N) is 1. The zero-order chi connectivity index (χ0) is 12.4. The van der Waals surface area contributed by atoms with Crippen molar-refractivity contribution in [3.05, 3.63) is 0 Å². The van der Waals surface area contributed by atoms with Gasteiger partial charge in [-0.2, -0.15) is 13.2 Å². The second kappa shape index (κ2) is 8.78. The Morgan fingerprint density at radius 2 is 1.88 bits per heavy atom. The van der Waals surface area contributed by atoms with E-state index in [1.165, 1.54) is 0 Å². The molecule has 0 saturated carbocycles. The van der Waals surface area contributed by atoms with Crippen LogP contribution < -0.4 is 5.32 Å². The molecule has 0 aromatic carbocycles. The lowest BCUT2D eigenvalue weighted by Crippen LogP contribution is -2.38. The van der Waals surface area contributed by atoms with Crippen LogP contribution in [0.25, 0.3) is 0 Å². The summed E-state index contributed by atoms with van der Waals surface area (Å²) in [5, 5.41) is 11.2. The van der Waals surface area contributed by atoms with Crippen molar-refractivity contribution in [1.82, 2.24) is 5.32 Å². The molecule has 16 heavy (non-hydrogen) atoms. The van der Waals surface area contributed by atoms with Crippen molar-refractivity contribution in [3.8, 4) is 0 Å². The smallest absolute Gasteiger partial charge is 0.382 e. The molecule has 0 fully saturated rings. The zero-order valence-corrected chi connectivity index (χ0v) is 9.52. The lowest BCUT2D eigenvalue weighted by Gasteiger charge is -2.14. The molecule has 0 amide bonds. The number of hydrogen-bond acceptors (Lipinski definition) is 3. The average molecular weight is 243 g/mol. The molecule has 0 rings (SSSR count). The number of alkyl halides is 3. The second-order valence-electron chi connectivity index (χ2n) is 3.58. The molecule has 0 aromatic heterocycles. The minimum atomic E-state index is -4.54. The lowest BCUT2D eigenvalue weighted by atomic mass is 10.3. The predicted octanol–water partition coefficient (Wildman–Crippen LogP) is 1.71. The topological polar surface area (TPSA) is 41.5 Å². The molecular formula is C10H20F3NO2. The predicted molar refractivity (Wildman–Crippen MR) is 55.3 cm³/mol. The highest BCUT2D eigenvalue weighted by atomic mass is 19.4. The van der Waals surface area contributed by atoms with Crippen molar-refractivity contribution >= 4 is 0 Å². The van der Waals surface area contributed by atoms with Gasteiger partial charge in [0.25, 0.3) is 0 Å². The summed E-state index contributed by atoms with van der Waals surface area (Å²) in [5.74, 6) is 0. The van der Waals surface area contributed by atoms with Gasteiger partial charge >= 0.3 is 6.18 Å². The van der Waals surface area contributed by atoms with Gasteiger partial charge in [0, 0.05) is 19.8 Å². The molecule has 0 bridgehead atoms. The van der Waals surface area contributed by atoms with Gasteiger partial charge in [0.2, 0.25) is 0 Å². The highest BCUT2D eigenvalue weighted by Gasteiger charge is 2.37. The summed E-state index contributed by atoms with van der Waals surface area (Å²) >= 11 is 0. The van der Waals surface area contributed by atoms with Gasteiger partial charge in [-0.3, -0.25) is 0 Å². The molecule has 0 radical (unpaired) electrons. The molecule has 0 aliphatic heterocycles. The maximum atomic E-state index is 11.8. The van der Waals surface area contributed by atoms with Crippen LogP contribution >= 0.6 is 0 Å². The maximum Gasteiger partial charge on any atom is 0.415 e. The summed E-state index contributed by atoms with van der Waals surface area (Å²) in [6.45, 7) is 3.25. The van der Waals surface area contributed by atoms with Gasteiger partial charge in [0.05, 0.1) is 0 Å². The Morgan fingerprint density at radius 3 is 2.44 bits per heavy atom. The number of rotatable bonds is 9. The summed E-state index contributed by atoms with van der Waals surface area (Å²) in [6.07, 6.45) is -4.11. The Hall–Kier alpha value is -0.330. The third-order valence-electron chi connectivity index (χ3n) is 2.00. The highest BCUT2D eigenvalue weighted by Crippen LogP contribution is 2.18. The van der Waals surface area contributed by atoms with E-state index in [0.29, 0.717) is 26.2 Å². The number of ether oxygens (including phenoxy) is 1. The van der Waals surface area contributed by atoms with E-state index in [9.17, 15) is 13.2 Å². The van der Waals surface area contributed by atoms with E-state index >= 15 is 0 Å². The van der Waals surface area contributed by atoms with Gasteiger partial charge in [-0.1, -0.05) is 13.3 Å². The van der Waals surface area contributed by atoms with E-state index in [0.717, 1.165) is 12.8 Å². The van der Waals surface area contributed by atoms with Crippen LogP contribution in [0.4, 0.5) is 13.2 Å². The van der Waals surface area contributed by atoms with Crippen molar-refractivity contribution in [1.29, 1.82) is 0 Å². The van der Waals surface area contributed by atoms with Crippen LogP contribution in [0.2, 0.25) is 0 Å². The van der Waals surface area contributed by atoms with Crippen LogP contribution in [0.5, 0.6) is 0 Å². The van der Waals surface area contributed by atoms with Crippen molar-refractivity contribution in [2.45, 2.75) is 38.5 Å². The molecule has 0 aliphatic carbocycles. The van der Waals surface area contributed by atoms with E-state index in [2.05, 4.69) is 12.2 Å². The maximum absolute atomic E-state index is 11.8. The third-order valence-corrected chi connectivity index (χ3v) is 2.00. The van der Waals surface area contributed by atoms with Gasteiger partial charge in [-0.15, -0.1) is 0 Å². The number of aliphatic hydroxyl groups is 1. The van der Waals surface area contributed by atoms with Crippen molar-refractivity contribution in [2.24, 2.45) is 0 Å². The Kier molecular flexibility index (Phi) is 8.60. The molecule has 6 heteroatoms. The minimum Gasteiger partial charge on any atom is -0.382 e. The molecule has 1 unspecified atom stereocenters. The molecule has 0 heterocycles. The van der Waals surface area contributed by atoms with Crippen molar-refractivity contribution in [3.63, 3.8) is 0 Å². The van der Waals surface area contributed by atoms with Crippen LogP contribution in [-0.2, 0) is 4.74 Å². The van der Waals surface area contributed by atoms with E-state index < -0.39 is 18.8 Å². The molecule has 0 spiro atoms. The standard InChI is InChI=1S/C10H20F3NO2/c1-2-3-6-16-7-4-5-14-8-9(15)10(11,12)13/h9,14-15H,2-8H2,1H3. The summed E-state index contributed by atoms with van der Waals surface area (Å²) in [4.78, 5) is 0. The SMILES string of the molecule is CCCCOCCCNCC(O)C(F)(F)F. The zero-order valence-electron chi connectivity index (χ0n) is 9.52. The molecule has 98 valence electrons. The number of hydrogen-bond donors (Lipinski definition) is 2. The van der Waals surface area contributed by atoms with Crippen molar-refractivity contribution < 1.29 is 23.0 Å². The van der Waals surface area contributed by atoms with Gasteiger partial charge in [-0.05, 0) is 19.4 Å². The molecule has 0 saturated heterocycles.